The lowest BCUT2D eigenvalue weighted by molar-refractivity contribution is -0.136. The minimum atomic E-state index is -0.528. The predicted octanol–water partition coefficient (Wildman–Crippen LogP) is 4.19. The summed E-state index contributed by atoms with van der Waals surface area (Å²) in [5.41, 5.74) is 2.26. The van der Waals surface area contributed by atoms with Gasteiger partial charge in [0.25, 0.3) is 0 Å². The van der Waals surface area contributed by atoms with Gasteiger partial charge in [-0.2, -0.15) is 0 Å². The highest BCUT2D eigenvalue weighted by molar-refractivity contribution is 7.10. The fraction of sp³-hybridized carbons (Fsp3) is 0.393. The van der Waals surface area contributed by atoms with Crippen LogP contribution in [0.25, 0.3) is 0 Å². The molecule has 4 rings (SSSR count). The number of ether oxygens (including phenoxy) is 2. The average Bonchev–Trinajstić information content (AvgIpc) is 3.36. The number of fused-ring (bicyclic) bond motifs is 1. The van der Waals surface area contributed by atoms with Crippen LogP contribution in [-0.2, 0) is 17.6 Å². The van der Waals surface area contributed by atoms with Crippen LogP contribution < -0.4 is 9.47 Å². The number of hydrogen-bond acceptors (Lipinski definition) is 6. The zero-order valence-corrected chi connectivity index (χ0v) is 21.2. The number of nitrogens with zero attached hydrogens (tertiary/aromatic N) is 2. The molecule has 0 fully saturated rings. The average molecular weight is 495 g/mol. The minimum Gasteiger partial charge on any atom is -0.493 e. The maximum atomic E-state index is 13.5. The highest BCUT2D eigenvalue weighted by Gasteiger charge is 2.33. The quantitative estimate of drug-likeness (QED) is 0.433. The van der Waals surface area contributed by atoms with Gasteiger partial charge in [-0.3, -0.25) is 9.69 Å². The number of methoxy groups -OCH3 is 1. The van der Waals surface area contributed by atoms with E-state index >= 15 is 0 Å². The van der Waals surface area contributed by atoms with E-state index in [0.717, 1.165) is 17.5 Å². The zero-order chi connectivity index (χ0) is 24.6. The molecule has 1 aliphatic rings. The minimum absolute atomic E-state index is 0.0595. The van der Waals surface area contributed by atoms with Crippen LogP contribution in [0, 0.1) is 0 Å². The van der Waals surface area contributed by atoms with Crippen LogP contribution in [-0.4, -0.2) is 66.8 Å². The molecule has 2 unspecified atom stereocenters. The van der Waals surface area contributed by atoms with E-state index in [2.05, 4.69) is 11.4 Å². The number of carbonyl (C=O) groups is 1. The molecule has 0 saturated carbocycles. The molecule has 0 bridgehead atoms. The van der Waals surface area contributed by atoms with Crippen molar-refractivity contribution in [3.8, 4) is 11.5 Å². The Hall–Kier alpha value is -2.87. The second-order valence-electron chi connectivity index (χ2n) is 8.79. The van der Waals surface area contributed by atoms with Crippen LogP contribution in [0.5, 0.6) is 11.5 Å². The molecule has 1 aromatic heterocycles. The van der Waals surface area contributed by atoms with Gasteiger partial charge < -0.3 is 19.5 Å². The van der Waals surface area contributed by atoms with Crippen molar-refractivity contribution in [3.05, 3.63) is 82.0 Å². The first-order valence-electron chi connectivity index (χ1n) is 12.1. The topological polar surface area (TPSA) is 62.2 Å². The lowest BCUT2D eigenvalue weighted by atomic mass is 10.0. The molecule has 0 aliphatic carbocycles. The van der Waals surface area contributed by atoms with Gasteiger partial charge in [0, 0.05) is 18.0 Å². The third-order valence-electron chi connectivity index (χ3n) is 6.47. The number of carbonyl (C=O) groups excluding carboxylic acids is 1. The molecule has 0 spiro atoms. The summed E-state index contributed by atoms with van der Waals surface area (Å²) < 4.78 is 11.6. The molecule has 2 heterocycles. The third kappa shape index (κ3) is 6.42. The van der Waals surface area contributed by atoms with E-state index in [9.17, 15) is 9.90 Å². The van der Waals surface area contributed by atoms with Crippen LogP contribution >= 0.6 is 11.3 Å². The van der Waals surface area contributed by atoms with E-state index in [0.29, 0.717) is 44.2 Å². The Morgan fingerprint density at radius 2 is 1.89 bits per heavy atom. The number of aliphatic hydroxyl groups excluding tert-OH is 1. The number of amides is 1. The molecule has 2 atom stereocenters. The van der Waals surface area contributed by atoms with Gasteiger partial charge in [-0.1, -0.05) is 49.4 Å². The lowest BCUT2D eigenvalue weighted by Gasteiger charge is -2.37. The summed E-state index contributed by atoms with van der Waals surface area (Å²) in [4.78, 5) is 18.8. The van der Waals surface area contributed by atoms with Crippen molar-refractivity contribution in [2.45, 2.75) is 31.9 Å². The van der Waals surface area contributed by atoms with Crippen LogP contribution in [0.15, 0.2) is 66.0 Å². The molecule has 1 N–H and O–H groups in total. The first-order valence-corrected chi connectivity index (χ1v) is 13.0. The summed E-state index contributed by atoms with van der Waals surface area (Å²) in [5.74, 6) is 1.41. The molecule has 7 heteroatoms. The fourth-order valence-electron chi connectivity index (χ4n) is 4.62. The predicted molar refractivity (Wildman–Crippen MR) is 139 cm³/mol. The van der Waals surface area contributed by atoms with Crippen molar-refractivity contribution in [2.75, 3.05) is 39.9 Å². The number of para-hydroxylation sites is 2. The molecule has 2 aromatic carbocycles. The maximum Gasteiger partial charge on any atom is 0.237 e. The number of thiophene rings is 1. The van der Waals surface area contributed by atoms with Gasteiger partial charge in [-0.25, -0.2) is 0 Å². The highest BCUT2D eigenvalue weighted by atomic mass is 32.1. The number of rotatable bonds is 11. The standard InChI is InChI=1S/C28H34N2O4S/c1-3-29(18-22(31)17-21-9-5-4-6-10-21)19-28(32)30-15-13-27-23(14-16-35-27)24(30)20-34-26-12-8-7-11-25(26)33-2/h4-12,14,16,22,24,31H,3,13,15,17-20H2,1-2H3. The van der Waals surface area contributed by atoms with Crippen LogP contribution in [0.4, 0.5) is 0 Å². The summed E-state index contributed by atoms with van der Waals surface area (Å²) in [7, 11) is 1.63. The Morgan fingerprint density at radius 3 is 2.63 bits per heavy atom. The summed E-state index contributed by atoms with van der Waals surface area (Å²) in [6, 6.07) is 19.5. The maximum absolute atomic E-state index is 13.5. The summed E-state index contributed by atoms with van der Waals surface area (Å²) >= 11 is 1.74. The molecule has 1 amide bonds. The van der Waals surface area contributed by atoms with Gasteiger partial charge in [-0.05, 0) is 54.1 Å². The summed E-state index contributed by atoms with van der Waals surface area (Å²) in [6.45, 7) is 4.47. The number of hydrogen-bond donors (Lipinski definition) is 1. The van der Waals surface area contributed by atoms with Gasteiger partial charge in [0.05, 0.1) is 25.8 Å². The van der Waals surface area contributed by atoms with Crippen molar-refractivity contribution in [3.63, 3.8) is 0 Å². The third-order valence-corrected chi connectivity index (χ3v) is 7.47. The molecule has 1 aliphatic heterocycles. The molecule has 3 aromatic rings. The monoisotopic (exact) mass is 494 g/mol. The Bertz CT molecular complexity index is 1090. The van der Waals surface area contributed by atoms with Crippen molar-refractivity contribution >= 4 is 17.2 Å². The van der Waals surface area contributed by atoms with E-state index in [1.165, 1.54) is 4.88 Å². The van der Waals surface area contributed by atoms with Crippen LogP contribution in [0.3, 0.4) is 0 Å². The molecular formula is C28H34N2O4S. The van der Waals surface area contributed by atoms with Gasteiger partial charge in [0.15, 0.2) is 11.5 Å². The van der Waals surface area contributed by atoms with Gasteiger partial charge in [0.1, 0.15) is 6.61 Å². The smallest absolute Gasteiger partial charge is 0.237 e. The lowest BCUT2D eigenvalue weighted by Crippen LogP contribution is -2.47. The Balaban J connectivity index is 1.42. The highest BCUT2D eigenvalue weighted by Crippen LogP contribution is 2.35. The molecule has 0 saturated heterocycles. The SMILES string of the molecule is CCN(CC(=O)N1CCc2sccc2C1COc1ccccc1OC)CC(O)Cc1ccccc1. The second kappa shape index (κ2) is 12.2. The number of aliphatic hydroxyl groups is 1. The summed E-state index contributed by atoms with van der Waals surface area (Å²) in [5, 5.41) is 12.7. The first-order chi connectivity index (χ1) is 17.1. The van der Waals surface area contributed by atoms with E-state index in [4.69, 9.17) is 9.47 Å². The normalized spacial score (nSPS) is 16.1. The van der Waals surface area contributed by atoms with E-state index in [1.807, 2.05) is 71.3 Å². The van der Waals surface area contributed by atoms with E-state index in [-0.39, 0.29) is 18.5 Å². The zero-order valence-electron chi connectivity index (χ0n) is 20.4. The van der Waals surface area contributed by atoms with Crippen LogP contribution in [0.1, 0.15) is 29.0 Å². The van der Waals surface area contributed by atoms with E-state index < -0.39 is 6.10 Å². The molecule has 35 heavy (non-hydrogen) atoms. The summed E-state index contributed by atoms with van der Waals surface area (Å²) in [6.07, 6.45) is 0.898. The van der Waals surface area contributed by atoms with Crippen molar-refractivity contribution in [1.82, 2.24) is 9.80 Å². The van der Waals surface area contributed by atoms with Crippen molar-refractivity contribution < 1.29 is 19.4 Å². The molecule has 186 valence electrons. The van der Waals surface area contributed by atoms with Gasteiger partial charge in [-0.15, -0.1) is 11.3 Å². The van der Waals surface area contributed by atoms with E-state index in [1.54, 1.807) is 18.4 Å². The Labute approximate surface area is 211 Å². The Kier molecular flexibility index (Phi) is 8.79. The van der Waals surface area contributed by atoms with Gasteiger partial charge >= 0.3 is 0 Å². The molecular weight excluding hydrogens is 460 g/mol. The van der Waals surface area contributed by atoms with Gasteiger partial charge in [0.2, 0.25) is 5.91 Å². The Morgan fingerprint density at radius 1 is 1.14 bits per heavy atom. The second-order valence-corrected chi connectivity index (χ2v) is 9.79. The molecule has 6 nitrogen and oxygen atoms in total. The van der Waals surface area contributed by atoms with Crippen LogP contribution in [0.2, 0.25) is 0 Å². The van der Waals surface area contributed by atoms with Crippen molar-refractivity contribution in [1.29, 1.82) is 0 Å². The fourth-order valence-corrected chi connectivity index (χ4v) is 5.55. The first kappa shape index (κ1) is 25.2. The largest absolute Gasteiger partial charge is 0.493 e. The number of benzene rings is 2. The van der Waals surface area contributed by atoms with Crippen molar-refractivity contribution in [2.24, 2.45) is 0 Å². The molecule has 0 radical (unpaired) electrons. The number of likely N-dealkylation sites (N-methyl/N-ethyl adjacent to an activating group) is 1.